The summed E-state index contributed by atoms with van der Waals surface area (Å²) in [5, 5.41) is 9.57. The number of carboxylic acids is 1. The van der Waals surface area contributed by atoms with Crippen molar-refractivity contribution >= 4 is 12.1 Å². The number of hydrogen-bond donors (Lipinski definition) is 1. The Balaban J connectivity index is 1.52. The Morgan fingerprint density at radius 2 is 1.54 bits per heavy atom. The van der Waals surface area contributed by atoms with E-state index in [9.17, 15) is 14.7 Å². The fourth-order valence-corrected chi connectivity index (χ4v) is 4.44. The molecule has 1 aliphatic heterocycles. The number of benzene rings is 2. The molecule has 5 nitrogen and oxygen atoms in total. The number of nitrogens with zero attached hydrogens (tertiary/aromatic N) is 1. The monoisotopic (exact) mass is 379 g/mol. The predicted molar refractivity (Wildman–Crippen MR) is 106 cm³/mol. The predicted octanol–water partition coefficient (Wildman–Crippen LogP) is 4.65. The molecule has 1 fully saturated rings. The van der Waals surface area contributed by atoms with Gasteiger partial charge in [0, 0.05) is 12.5 Å². The van der Waals surface area contributed by atoms with Gasteiger partial charge >= 0.3 is 12.1 Å². The van der Waals surface area contributed by atoms with Crippen LogP contribution in [0.2, 0.25) is 0 Å². The maximum atomic E-state index is 12.8. The zero-order valence-corrected chi connectivity index (χ0v) is 15.8. The first-order valence-corrected chi connectivity index (χ1v) is 10.0. The van der Waals surface area contributed by atoms with Crippen molar-refractivity contribution in [2.24, 2.45) is 0 Å². The Bertz CT molecular complexity index is 833. The van der Waals surface area contributed by atoms with Crippen molar-refractivity contribution in [1.29, 1.82) is 0 Å². The number of carbonyl (C=O) groups excluding carboxylic acids is 1. The first-order valence-electron chi connectivity index (χ1n) is 10.0. The van der Waals surface area contributed by atoms with Gasteiger partial charge in [-0.3, -0.25) is 4.90 Å². The highest BCUT2D eigenvalue weighted by Crippen LogP contribution is 2.44. The van der Waals surface area contributed by atoms with Crippen molar-refractivity contribution in [2.45, 2.75) is 44.1 Å². The van der Waals surface area contributed by atoms with Crippen molar-refractivity contribution in [3.63, 3.8) is 0 Å². The average Bonchev–Trinajstić information content (AvgIpc) is 3.00. The van der Waals surface area contributed by atoms with Crippen LogP contribution in [0, 0.1) is 0 Å². The third-order valence-electron chi connectivity index (χ3n) is 5.86. The quantitative estimate of drug-likeness (QED) is 0.843. The molecule has 28 heavy (non-hydrogen) atoms. The van der Waals surface area contributed by atoms with E-state index in [0.717, 1.165) is 36.8 Å². The third-order valence-corrected chi connectivity index (χ3v) is 5.86. The SMILES string of the molecule is O=C(O)C1CCCCCCN1C(=O)OCC1c2ccccc2-c2ccccc21. The lowest BCUT2D eigenvalue weighted by Crippen LogP contribution is -2.46. The van der Waals surface area contributed by atoms with Crippen LogP contribution in [0.25, 0.3) is 11.1 Å². The minimum atomic E-state index is -0.949. The van der Waals surface area contributed by atoms with E-state index in [1.54, 1.807) is 0 Å². The summed E-state index contributed by atoms with van der Waals surface area (Å²) in [6, 6.07) is 15.6. The number of carbonyl (C=O) groups is 2. The molecule has 5 heteroatoms. The second-order valence-electron chi connectivity index (χ2n) is 7.55. The van der Waals surface area contributed by atoms with Gasteiger partial charge in [-0.15, -0.1) is 0 Å². The highest BCUT2D eigenvalue weighted by atomic mass is 16.6. The summed E-state index contributed by atoms with van der Waals surface area (Å²) in [6.45, 7) is 0.656. The number of carboxylic acid groups (broad SMARTS) is 1. The van der Waals surface area contributed by atoms with Crippen LogP contribution < -0.4 is 0 Å². The lowest BCUT2D eigenvalue weighted by molar-refractivity contribution is -0.143. The van der Waals surface area contributed by atoms with Crippen LogP contribution in [0.3, 0.4) is 0 Å². The molecule has 4 rings (SSSR count). The molecule has 0 bridgehead atoms. The molecule has 1 N–H and O–H groups in total. The van der Waals surface area contributed by atoms with Crippen LogP contribution >= 0.6 is 0 Å². The molecular formula is C23H25NO4. The van der Waals surface area contributed by atoms with E-state index in [0.29, 0.717) is 13.0 Å². The fourth-order valence-electron chi connectivity index (χ4n) is 4.44. The van der Waals surface area contributed by atoms with Gasteiger partial charge < -0.3 is 9.84 Å². The maximum absolute atomic E-state index is 12.8. The number of ether oxygens (including phenoxy) is 1. The Kier molecular flexibility index (Phi) is 5.33. The summed E-state index contributed by atoms with van der Waals surface area (Å²) >= 11 is 0. The molecule has 1 heterocycles. The van der Waals surface area contributed by atoms with Gasteiger partial charge in [-0.05, 0) is 35.1 Å². The Morgan fingerprint density at radius 1 is 0.929 bits per heavy atom. The highest BCUT2D eigenvalue weighted by molar-refractivity contribution is 5.81. The first-order chi connectivity index (χ1) is 13.7. The smallest absolute Gasteiger partial charge is 0.410 e. The molecule has 2 aromatic carbocycles. The van der Waals surface area contributed by atoms with Gasteiger partial charge in [-0.2, -0.15) is 0 Å². The Morgan fingerprint density at radius 3 is 2.18 bits per heavy atom. The number of likely N-dealkylation sites (tertiary alicyclic amines) is 1. The average molecular weight is 379 g/mol. The summed E-state index contributed by atoms with van der Waals surface area (Å²) in [6.07, 6.45) is 3.63. The van der Waals surface area contributed by atoms with E-state index in [-0.39, 0.29) is 12.5 Å². The van der Waals surface area contributed by atoms with Crippen molar-refractivity contribution in [2.75, 3.05) is 13.2 Å². The number of amides is 1. The van der Waals surface area contributed by atoms with Crippen LogP contribution in [0.15, 0.2) is 48.5 Å². The number of rotatable bonds is 3. The number of aliphatic carboxylic acids is 1. The molecule has 2 aliphatic rings. The summed E-state index contributed by atoms with van der Waals surface area (Å²) in [5.74, 6) is -0.968. The van der Waals surface area contributed by atoms with Crippen LogP contribution in [0.5, 0.6) is 0 Å². The molecule has 0 spiro atoms. The van der Waals surface area contributed by atoms with Crippen molar-refractivity contribution in [3.05, 3.63) is 59.7 Å². The van der Waals surface area contributed by atoms with Crippen LogP contribution in [-0.4, -0.2) is 41.3 Å². The summed E-state index contributed by atoms with van der Waals surface area (Å²) < 4.78 is 5.68. The van der Waals surface area contributed by atoms with Gasteiger partial charge in [0.05, 0.1) is 0 Å². The lowest BCUT2D eigenvalue weighted by Gasteiger charge is -2.30. The Hall–Kier alpha value is -2.82. The molecule has 1 amide bonds. The second kappa shape index (κ2) is 8.05. The van der Waals surface area contributed by atoms with E-state index in [4.69, 9.17) is 4.74 Å². The van der Waals surface area contributed by atoms with Crippen molar-refractivity contribution in [3.8, 4) is 11.1 Å². The van der Waals surface area contributed by atoms with Crippen LogP contribution in [-0.2, 0) is 9.53 Å². The zero-order valence-electron chi connectivity index (χ0n) is 15.8. The van der Waals surface area contributed by atoms with Gasteiger partial charge in [0.2, 0.25) is 0 Å². The van der Waals surface area contributed by atoms with Crippen molar-refractivity contribution < 1.29 is 19.4 Å². The topological polar surface area (TPSA) is 66.8 Å². The maximum Gasteiger partial charge on any atom is 0.410 e. The van der Waals surface area contributed by atoms with Gasteiger partial charge in [-0.25, -0.2) is 9.59 Å². The van der Waals surface area contributed by atoms with Gasteiger partial charge in [0.1, 0.15) is 12.6 Å². The Labute approximate surface area is 164 Å². The molecule has 146 valence electrons. The van der Waals surface area contributed by atoms with E-state index in [1.807, 2.05) is 24.3 Å². The lowest BCUT2D eigenvalue weighted by atomic mass is 9.98. The zero-order chi connectivity index (χ0) is 19.5. The molecule has 1 atom stereocenters. The molecular weight excluding hydrogens is 354 g/mol. The minimum Gasteiger partial charge on any atom is -0.480 e. The van der Waals surface area contributed by atoms with Crippen molar-refractivity contribution in [1.82, 2.24) is 4.90 Å². The van der Waals surface area contributed by atoms with E-state index in [2.05, 4.69) is 24.3 Å². The molecule has 2 aromatic rings. The number of fused-ring (bicyclic) bond motifs is 3. The minimum absolute atomic E-state index is 0.0191. The van der Waals surface area contributed by atoms with Crippen LogP contribution in [0.1, 0.15) is 49.1 Å². The standard InChI is InChI=1S/C23H25NO4/c25-22(26)21-13-3-1-2-8-14-24(21)23(27)28-15-20-18-11-6-4-9-16(18)17-10-5-7-12-19(17)20/h4-7,9-12,20-21H,1-3,8,13-15H2,(H,25,26). The van der Waals surface area contributed by atoms with Crippen LogP contribution in [0.4, 0.5) is 4.79 Å². The van der Waals surface area contributed by atoms with E-state index < -0.39 is 18.1 Å². The fraction of sp³-hybridized carbons (Fsp3) is 0.391. The summed E-state index contributed by atoms with van der Waals surface area (Å²) in [7, 11) is 0. The molecule has 1 unspecified atom stereocenters. The highest BCUT2D eigenvalue weighted by Gasteiger charge is 2.33. The first kappa shape index (κ1) is 18.5. The van der Waals surface area contributed by atoms with E-state index >= 15 is 0 Å². The second-order valence-corrected chi connectivity index (χ2v) is 7.55. The number of hydrogen-bond acceptors (Lipinski definition) is 3. The largest absolute Gasteiger partial charge is 0.480 e. The molecule has 0 saturated carbocycles. The molecule has 1 saturated heterocycles. The van der Waals surface area contributed by atoms with Gasteiger partial charge in [0.25, 0.3) is 0 Å². The third kappa shape index (κ3) is 3.49. The summed E-state index contributed by atoms with van der Waals surface area (Å²) in [4.78, 5) is 25.9. The summed E-state index contributed by atoms with van der Waals surface area (Å²) in [5.41, 5.74) is 4.65. The normalized spacial score (nSPS) is 19.3. The molecule has 1 aliphatic carbocycles. The van der Waals surface area contributed by atoms with Gasteiger partial charge in [0.15, 0.2) is 0 Å². The molecule has 0 radical (unpaired) electrons. The van der Waals surface area contributed by atoms with E-state index in [1.165, 1.54) is 16.0 Å². The molecule has 0 aromatic heterocycles. The van der Waals surface area contributed by atoms with Gasteiger partial charge in [-0.1, -0.05) is 67.8 Å².